The van der Waals surface area contributed by atoms with Crippen LogP contribution in [0, 0.1) is 11.7 Å². The first-order valence-electron chi connectivity index (χ1n) is 7.21. The van der Waals surface area contributed by atoms with Crippen LogP contribution < -0.4 is 4.74 Å². The number of methoxy groups -OCH3 is 1. The van der Waals surface area contributed by atoms with E-state index in [9.17, 15) is 0 Å². The predicted octanol–water partition coefficient (Wildman–Crippen LogP) is 4.57. The molecule has 7 heteroatoms. The van der Waals surface area contributed by atoms with Crippen molar-refractivity contribution in [3.63, 3.8) is 0 Å². The van der Waals surface area contributed by atoms with E-state index >= 15 is 0 Å². The summed E-state index contributed by atoms with van der Waals surface area (Å²) in [6.45, 7) is 2.03. The third kappa shape index (κ3) is 3.32. The summed E-state index contributed by atoms with van der Waals surface area (Å²) in [5, 5.41) is 11.6. The number of ether oxygens (including phenoxy) is 1. The van der Waals surface area contributed by atoms with E-state index in [1.807, 2.05) is 49.4 Å². The van der Waals surface area contributed by atoms with Crippen LogP contribution in [0.4, 0.5) is 0 Å². The quantitative estimate of drug-likeness (QED) is 0.513. The molecule has 0 amide bonds. The molecule has 0 radical (unpaired) electrons. The molecule has 1 aromatic heterocycles. The first-order chi connectivity index (χ1) is 11.6. The molecule has 0 unspecified atom stereocenters. The molecule has 3 rings (SSSR count). The molecule has 0 saturated heterocycles. The summed E-state index contributed by atoms with van der Waals surface area (Å²) in [5.41, 5.74) is 3.01. The van der Waals surface area contributed by atoms with Crippen LogP contribution >= 0.6 is 28.1 Å². The van der Waals surface area contributed by atoms with Crippen molar-refractivity contribution in [2.75, 3.05) is 7.11 Å². The Morgan fingerprint density at radius 3 is 2.79 bits per heavy atom. The van der Waals surface area contributed by atoms with E-state index < -0.39 is 0 Å². The fourth-order valence-electron chi connectivity index (χ4n) is 2.28. The molecule has 5 nitrogen and oxygen atoms in total. The summed E-state index contributed by atoms with van der Waals surface area (Å²) in [5.74, 6) is 1.45. The van der Waals surface area contributed by atoms with Crippen LogP contribution in [0.15, 0.2) is 52.0 Å². The monoisotopic (exact) mass is 402 g/mol. The summed E-state index contributed by atoms with van der Waals surface area (Å²) >= 11 is 8.77. The highest BCUT2D eigenvalue weighted by Gasteiger charge is 2.10. The van der Waals surface area contributed by atoms with E-state index in [-0.39, 0.29) is 0 Å². The van der Waals surface area contributed by atoms with Crippen molar-refractivity contribution in [1.82, 2.24) is 14.9 Å². The van der Waals surface area contributed by atoms with E-state index in [0.717, 1.165) is 26.9 Å². The zero-order chi connectivity index (χ0) is 17.1. The van der Waals surface area contributed by atoms with Crippen molar-refractivity contribution in [2.24, 2.45) is 5.10 Å². The van der Waals surface area contributed by atoms with Crippen LogP contribution in [-0.4, -0.2) is 28.2 Å². The SMILES string of the molecule is COc1ccc(/C=N/n2c(-c3ccccc3C)n[nH]c2=S)cc1Br. The van der Waals surface area contributed by atoms with Crippen molar-refractivity contribution >= 4 is 34.4 Å². The van der Waals surface area contributed by atoms with Crippen LogP contribution in [0.1, 0.15) is 11.1 Å². The molecular weight excluding hydrogens is 388 g/mol. The summed E-state index contributed by atoms with van der Waals surface area (Å²) in [4.78, 5) is 0. The number of H-pyrrole nitrogens is 1. The summed E-state index contributed by atoms with van der Waals surface area (Å²) in [7, 11) is 1.63. The first kappa shape index (κ1) is 16.6. The molecular formula is C17H15BrN4OS. The maximum Gasteiger partial charge on any atom is 0.216 e. The summed E-state index contributed by atoms with van der Waals surface area (Å²) in [6, 6.07) is 13.7. The van der Waals surface area contributed by atoms with Gasteiger partial charge in [-0.3, -0.25) is 0 Å². The molecule has 0 atom stereocenters. The van der Waals surface area contributed by atoms with Gasteiger partial charge in [0, 0.05) is 5.56 Å². The second kappa shape index (κ2) is 7.11. The summed E-state index contributed by atoms with van der Waals surface area (Å²) in [6.07, 6.45) is 1.73. The molecule has 0 aliphatic carbocycles. The maximum atomic E-state index is 5.30. The molecule has 0 spiro atoms. The second-order valence-corrected chi connectivity index (χ2v) is 6.36. The van der Waals surface area contributed by atoms with Gasteiger partial charge in [0.05, 0.1) is 17.8 Å². The molecule has 122 valence electrons. The van der Waals surface area contributed by atoms with Crippen LogP contribution in [-0.2, 0) is 0 Å². The van der Waals surface area contributed by atoms with Crippen molar-refractivity contribution in [1.29, 1.82) is 0 Å². The Hall–Kier alpha value is -2.25. The van der Waals surface area contributed by atoms with Gasteiger partial charge in [-0.05, 0) is 64.4 Å². The van der Waals surface area contributed by atoms with Crippen LogP contribution in [0.5, 0.6) is 5.75 Å². The van der Waals surface area contributed by atoms with Gasteiger partial charge in [0.15, 0.2) is 5.82 Å². The fourth-order valence-corrected chi connectivity index (χ4v) is 3.02. The Kier molecular flexibility index (Phi) is 4.92. The number of nitrogens with zero attached hydrogens (tertiary/aromatic N) is 3. The van der Waals surface area contributed by atoms with E-state index in [0.29, 0.717) is 10.6 Å². The van der Waals surface area contributed by atoms with Crippen molar-refractivity contribution in [3.8, 4) is 17.1 Å². The minimum atomic E-state index is 0.442. The van der Waals surface area contributed by atoms with Gasteiger partial charge >= 0.3 is 0 Å². The zero-order valence-corrected chi connectivity index (χ0v) is 15.6. The Morgan fingerprint density at radius 2 is 2.08 bits per heavy atom. The maximum absolute atomic E-state index is 5.30. The van der Waals surface area contributed by atoms with Gasteiger partial charge < -0.3 is 4.74 Å². The van der Waals surface area contributed by atoms with E-state index in [1.54, 1.807) is 18.0 Å². The number of aromatic nitrogens is 3. The lowest BCUT2D eigenvalue weighted by molar-refractivity contribution is 0.412. The Labute approximate surface area is 153 Å². The second-order valence-electron chi connectivity index (χ2n) is 5.12. The normalized spacial score (nSPS) is 11.1. The van der Waals surface area contributed by atoms with E-state index in [4.69, 9.17) is 17.0 Å². The molecule has 2 aromatic carbocycles. The zero-order valence-electron chi connectivity index (χ0n) is 13.2. The third-order valence-electron chi connectivity index (χ3n) is 3.53. The number of hydrogen-bond acceptors (Lipinski definition) is 4. The number of hydrogen-bond donors (Lipinski definition) is 1. The first-order valence-corrected chi connectivity index (χ1v) is 8.41. The van der Waals surface area contributed by atoms with Crippen molar-refractivity contribution in [2.45, 2.75) is 6.92 Å². The minimum Gasteiger partial charge on any atom is -0.496 e. The average Bonchev–Trinajstić information content (AvgIpc) is 2.94. The molecule has 1 heterocycles. The Morgan fingerprint density at radius 1 is 1.29 bits per heavy atom. The van der Waals surface area contributed by atoms with Gasteiger partial charge in [0.2, 0.25) is 4.77 Å². The van der Waals surface area contributed by atoms with E-state index in [2.05, 4.69) is 31.2 Å². The van der Waals surface area contributed by atoms with Gasteiger partial charge in [-0.2, -0.15) is 14.9 Å². The molecule has 0 aliphatic heterocycles. The van der Waals surface area contributed by atoms with Gasteiger partial charge in [0.1, 0.15) is 5.75 Å². The lowest BCUT2D eigenvalue weighted by Gasteiger charge is -2.05. The highest BCUT2D eigenvalue weighted by Crippen LogP contribution is 2.25. The van der Waals surface area contributed by atoms with E-state index in [1.165, 1.54) is 0 Å². The number of nitrogens with one attached hydrogen (secondary N) is 1. The van der Waals surface area contributed by atoms with Gasteiger partial charge in [-0.15, -0.1) is 0 Å². The Bertz CT molecular complexity index is 961. The third-order valence-corrected chi connectivity index (χ3v) is 4.42. The lowest BCUT2D eigenvalue weighted by atomic mass is 10.1. The largest absolute Gasteiger partial charge is 0.496 e. The topological polar surface area (TPSA) is 55.2 Å². The highest BCUT2D eigenvalue weighted by atomic mass is 79.9. The summed E-state index contributed by atoms with van der Waals surface area (Å²) < 4.78 is 8.16. The number of halogens is 1. The smallest absolute Gasteiger partial charge is 0.216 e. The Balaban J connectivity index is 1.99. The van der Waals surface area contributed by atoms with Crippen molar-refractivity contribution in [3.05, 3.63) is 62.8 Å². The number of benzene rings is 2. The molecule has 0 aliphatic rings. The van der Waals surface area contributed by atoms with Crippen LogP contribution in [0.2, 0.25) is 0 Å². The number of aromatic amines is 1. The minimum absolute atomic E-state index is 0.442. The van der Waals surface area contributed by atoms with Crippen LogP contribution in [0.3, 0.4) is 0 Å². The average molecular weight is 403 g/mol. The molecule has 1 N–H and O–H groups in total. The molecule has 0 bridgehead atoms. The van der Waals surface area contributed by atoms with Crippen LogP contribution in [0.25, 0.3) is 11.4 Å². The molecule has 0 fully saturated rings. The molecule has 24 heavy (non-hydrogen) atoms. The number of aryl methyl sites for hydroxylation is 1. The molecule has 3 aromatic rings. The van der Waals surface area contributed by atoms with Gasteiger partial charge in [0.25, 0.3) is 0 Å². The predicted molar refractivity (Wildman–Crippen MR) is 101 cm³/mol. The van der Waals surface area contributed by atoms with Gasteiger partial charge in [-0.1, -0.05) is 24.3 Å². The van der Waals surface area contributed by atoms with Crippen molar-refractivity contribution < 1.29 is 4.74 Å². The number of rotatable bonds is 4. The van der Waals surface area contributed by atoms with Gasteiger partial charge in [-0.25, -0.2) is 5.10 Å². The highest BCUT2D eigenvalue weighted by molar-refractivity contribution is 9.10. The lowest BCUT2D eigenvalue weighted by Crippen LogP contribution is -1.96. The fraction of sp³-hybridized carbons (Fsp3) is 0.118. The standard InChI is InChI=1S/C17H15BrN4OS/c1-11-5-3-4-6-13(11)16-20-21-17(24)22(16)19-10-12-7-8-15(23-2)14(18)9-12/h3-10H,1-2H3,(H,21,24)/b19-10+. The molecule has 0 saturated carbocycles.